The maximum absolute atomic E-state index is 5.32. The van der Waals surface area contributed by atoms with E-state index in [1.165, 1.54) is 4.88 Å². The number of hydrogen-bond donors (Lipinski definition) is 2. The van der Waals surface area contributed by atoms with E-state index < -0.39 is 0 Å². The van der Waals surface area contributed by atoms with Gasteiger partial charge in [-0.3, -0.25) is 0 Å². The molecule has 1 aromatic heterocycles. The molecule has 0 saturated carbocycles. The van der Waals surface area contributed by atoms with Gasteiger partial charge >= 0.3 is 0 Å². The monoisotopic (exact) mass is 292 g/mol. The summed E-state index contributed by atoms with van der Waals surface area (Å²) in [7, 11) is 3.33. The van der Waals surface area contributed by atoms with Crippen LogP contribution in [0, 0.1) is 0 Å². The second kappa shape index (κ2) is 7.77. The van der Waals surface area contributed by atoms with Crippen molar-refractivity contribution in [3.05, 3.63) is 40.6 Å². The van der Waals surface area contributed by atoms with Crippen molar-refractivity contribution < 1.29 is 9.47 Å². The van der Waals surface area contributed by atoms with E-state index >= 15 is 0 Å². The summed E-state index contributed by atoms with van der Waals surface area (Å²) in [5.74, 6) is 1.64. The SMILES string of the molecule is COc1ccc(OC)c(NCCNCc2cccs2)c1. The summed E-state index contributed by atoms with van der Waals surface area (Å²) in [6.07, 6.45) is 0. The molecule has 0 aliphatic rings. The third-order valence-corrected chi connectivity index (χ3v) is 3.78. The molecule has 0 amide bonds. The van der Waals surface area contributed by atoms with Gasteiger partial charge in [-0.2, -0.15) is 0 Å². The van der Waals surface area contributed by atoms with Crippen LogP contribution in [-0.4, -0.2) is 27.3 Å². The molecular formula is C15H20N2O2S. The highest BCUT2D eigenvalue weighted by Crippen LogP contribution is 2.28. The first-order chi connectivity index (χ1) is 9.83. The van der Waals surface area contributed by atoms with E-state index in [0.717, 1.165) is 36.8 Å². The quantitative estimate of drug-likeness (QED) is 0.734. The van der Waals surface area contributed by atoms with Gasteiger partial charge in [-0.1, -0.05) is 6.07 Å². The summed E-state index contributed by atoms with van der Waals surface area (Å²) in [5.41, 5.74) is 0.949. The average molecular weight is 292 g/mol. The first kappa shape index (κ1) is 14.7. The Morgan fingerprint density at radius 1 is 1.10 bits per heavy atom. The molecule has 0 aliphatic heterocycles. The van der Waals surface area contributed by atoms with Crippen LogP contribution in [0.25, 0.3) is 0 Å². The van der Waals surface area contributed by atoms with Crippen LogP contribution in [0.5, 0.6) is 11.5 Å². The fraction of sp³-hybridized carbons (Fsp3) is 0.333. The van der Waals surface area contributed by atoms with E-state index in [9.17, 15) is 0 Å². The highest BCUT2D eigenvalue weighted by Gasteiger charge is 2.04. The Kier molecular flexibility index (Phi) is 5.70. The summed E-state index contributed by atoms with van der Waals surface area (Å²) >= 11 is 1.77. The second-order valence-corrected chi connectivity index (χ2v) is 5.28. The van der Waals surface area contributed by atoms with Crippen LogP contribution in [0.4, 0.5) is 5.69 Å². The minimum Gasteiger partial charge on any atom is -0.497 e. The van der Waals surface area contributed by atoms with Gasteiger partial charge in [0.15, 0.2) is 0 Å². The number of thiophene rings is 1. The van der Waals surface area contributed by atoms with Crippen LogP contribution in [0.3, 0.4) is 0 Å². The molecule has 0 unspecified atom stereocenters. The lowest BCUT2D eigenvalue weighted by Crippen LogP contribution is -2.21. The van der Waals surface area contributed by atoms with Crippen LogP contribution in [-0.2, 0) is 6.54 Å². The molecular weight excluding hydrogens is 272 g/mol. The first-order valence-corrected chi connectivity index (χ1v) is 7.40. The van der Waals surface area contributed by atoms with Gasteiger partial charge in [0.05, 0.1) is 19.9 Å². The van der Waals surface area contributed by atoms with E-state index in [2.05, 4.69) is 28.1 Å². The third kappa shape index (κ3) is 4.15. The van der Waals surface area contributed by atoms with Crippen LogP contribution in [0.2, 0.25) is 0 Å². The smallest absolute Gasteiger partial charge is 0.142 e. The molecule has 0 saturated heterocycles. The van der Waals surface area contributed by atoms with Crippen molar-refractivity contribution in [3.8, 4) is 11.5 Å². The maximum Gasteiger partial charge on any atom is 0.142 e. The number of nitrogens with one attached hydrogen (secondary N) is 2. The van der Waals surface area contributed by atoms with Gasteiger partial charge in [-0.15, -0.1) is 11.3 Å². The number of benzene rings is 1. The van der Waals surface area contributed by atoms with E-state index in [1.807, 2.05) is 18.2 Å². The normalized spacial score (nSPS) is 10.3. The van der Waals surface area contributed by atoms with Crippen molar-refractivity contribution in [1.82, 2.24) is 5.32 Å². The number of hydrogen-bond acceptors (Lipinski definition) is 5. The highest BCUT2D eigenvalue weighted by atomic mass is 32.1. The first-order valence-electron chi connectivity index (χ1n) is 6.52. The predicted octanol–water partition coefficient (Wildman–Crippen LogP) is 2.97. The topological polar surface area (TPSA) is 42.5 Å². The molecule has 0 fully saturated rings. The summed E-state index contributed by atoms with van der Waals surface area (Å²) in [5, 5.41) is 8.85. The fourth-order valence-electron chi connectivity index (χ4n) is 1.86. The second-order valence-electron chi connectivity index (χ2n) is 4.25. The summed E-state index contributed by atoms with van der Waals surface area (Å²) in [6, 6.07) is 9.94. The van der Waals surface area contributed by atoms with Crippen LogP contribution >= 0.6 is 11.3 Å². The molecule has 1 aromatic carbocycles. The van der Waals surface area contributed by atoms with Crippen molar-refractivity contribution in [2.24, 2.45) is 0 Å². The van der Waals surface area contributed by atoms with Crippen molar-refractivity contribution >= 4 is 17.0 Å². The number of methoxy groups -OCH3 is 2. The van der Waals surface area contributed by atoms with E-state index in [4.69, 9.17) is 9.47 Å². The van der Waals surface area contributed by atoms with Crippen molar-refractivity contribution in [3.63, 3.8) is 0 Å². The fourth-order valence-corrected chi connectivity index (χ4v) is 2.54. The largest absolute Gasteiger partial charge is 0.497 e. The molecule has 0 atom stereocenters. The maximum atomic E-state index is 5.32. The van der Waals surface area contributed by atoms with Gasteiger partial charge in [-0.25, -0.2) is 0 Å². The van der Waals surface area contributed by atoms with Crippen molar-refractivity contribution in [2.75, 3.05) is 32.6 Å². The van der Waals surface area contributed by atoms with E-state index in [0.29, 0.717) is 0 Å². The molecule has 0 spiro atoms. The lowest BCUT2D eigenvalue weighted by atomic mass is 10.2. The van der Waals surface area contributed by atoms with Gasteiger partial charge in [0, 0.05) is 30.6 Å². The number of anilines is 1. The molecule has 2 aromatic rings. The molecule has 0 bridgehead atoms. The van der Waals surface area contributed by atoms with E-state index in [-0.39, 0.29) is 0 Å². The van der Waals surface area contributed by atoms with Crippen LogP contribution < -0.4 is 20.1 Å². The predicted molar refractivity (Wildman–Crippen MR) is 84.1 cm³/mol. The Balaban J connectivity index is 1.78. The molecule has 2 rings (SSSR count). The standard InChI is InChI=1S/C15H20N2O2S/c1-18-12-5-6-15(19-2)14(10-12)17-8-7-16-11-13-4-3-9-20-13/h3-6,9-10,16-17H,7-8,11H2,1-2H3. The number of rotatable bonds is 8. The average Bonchev–Trinajstić information content (AvgIpc) is 3.00. The molecule has 20 heavy (non-hydrogen) atoms. The zero-order chi connectivity index (χ0) is 14.2. The molecule has 5 heteroatoms. The minimum absolute atomic E-state index is 0.819. The molecule has 1 heterocycles. The Morgan fingerprint density at radius 3 is 2.70 bits per heavy atom. The summed E-state index contributed by atoms with van der Waals surface area (Å²) in [4.78, 5) is 1.35. The van der Waals surface area contributed by atoms with Gasteiger partial charge in [-0.05, 0) is 23.6 Å². The molecule has 2 N–H and O–H groups in total. The summed E-state index contributed by atoms with van der Waals surface area (Å²) in [6.45, 7) is 2.63. The zero-order valence-corrected chi connectivity index (χ0v) is 12.6. The zero-order valence-electron chi connectivity index (χ0n) is 11.8. The lowest BCUT2D eigenvalue weighted by Gasteiger charge is -2.12. The van der Waals surface area contributed by atoms with Gasteiger partial charge < -0.3 is 20.1 Å². The Labute approximate surface area is 123 Å². The van der Waals surface area contributed by atoms with Gasteiger partial charge in [0.2, 0.25) is 0 Å². The molecule has 0 aliphatic carbocycles. The Morgan fingerprint density at radius 2 is 2.00 bits per heavy atom. The molecule has 108 valence electrons. The Hall–Kier alpha value is -1.72. The lowest BCUT2D eigenvalue weighted by molar-refractivity contribution is 0.404. The van der Waals surface area contributed by atoms with Crippen LogP contribution in [0.15, 0.2) is 35.7 Å². The van der Waals surface area contributed by atoms with Crippen molar-refractivity contribution in [1.29, 1.82) is 0 Å². The van der Waals surface area contributed by atoms with Gasteiger partial charge in [0.1, 0.15) is 11.5 Å². The van der Waals surface area contributed by atoms with Gasteiger partial charge in [0.25, 0.3) is 0 Å². The highest BCUT2D eigenvalue weighted by molar-refractivity contribution is 7.09. The minimum atomic E-state index is 0.819. The summed E-state index contributed by atoms with van der Waals surface area (Å²) < 4.78 is 10.5. The third-order valence-electron chi connectivity index (χ3n) is 2.90. The molecule has 0 radical (unpaired) electrons. The van der Waals surface area contributed by atoms with Crippen molar-refractivity contribution in [2.45, 2.75) is 6.54 Å². The van der Waals surface area contributed by atoms with Crippen LogP contribution in [0.1, 0.15) is 4.88 Å². The Bertz CT molecular complexity index is 515. The molecule has 4 nitrogen and oxygen atoms in total. The number of ether oxygens (including phenoxy) is 2. The van der Waals surface area contributed by atoms with E-state index in [1.54, 1.807) is 25.6 Å².